The van der Waals surface area contributed by atoms with Gasteiger partial charge in [0.25, 0.3) is 5.91 Å². The Balaban J connectivity index is 1.63. The Kier molecular flexibility index (Phi) is 5.19. The average Bonchev–Trinajstić information content (AvgIpc) is 3.16. The monoisotopic (exact) mass is 442 g/mol. The first-order chi connectivity index (χ1) is 15.5. The van der Waals surface area contributed by atoms with Gasteiger partial charge in [0.2, 0.25) is 5.95 Å². The van der Waals surface area contributed by atoms with Crippen LogP contribution in [0.5, 0.6) is 0 Å². The number of allylic oxidation sites excluding steroid dienone is 1. The van der Waals surface area contributed by atoms with Gasteiger partial charge in [0.05, 0.1) is 22.6 Å². The molecule has 0 radical (unpaired) electrons. The number of benzene rings is 3. The molecule has 0 saturated carbocycles. The summed E-state index contributed by atoms with van der Waals surface area (Å²) in [5.74, 6) is 0.546. The fraction of sp³-hybridized carbons (Fsp3) is 0.154. The maximum absolute atomic E-state index is 13.6. The first kappa shape index (κ1) is 20.3. The summed E-state index contributed by atoms with van der Waals surface area (Å²) in [5, 5.41) is 7.04. The Hall–Kier alpha value is -3.57. The molecule has 0 aliphatic carbocycles. The molecule has 0 fully saturated rings. The lowest BCUT2D eigenvalue weighted by molar-refractivity contribution is -0.113. The van der Waals surface area contributed by atoms with E-state index in [1.807, 2.05) is 79.7 Å². The third-order valence-electron chi connectivity index (χ3n) is 5.86. The van der Waals surface area contributed by atoms with Gasteiger partial charge in [-0.3, -0.25) is 9.36 Å². The summed E-state index contributed by atoms with van der Waals surface area (Å²) in [6.07, 6.45) is 0.954. The van der Waals surface area contributed by atoms with Crippen LogP contribution in [0.1, 0.15) is 31.0 Å². The van der Waals surface area contributed by atoms with Crippen LogP contribution < -0.4 is 10.6 Å². The molecule has 160 valence electrons. The maximum atomic E-state index is 13.6. The predicted molar refractivity (Wildman–Crippen MR) is 130 cm³/mol. The van der Waals surface area contributed by atoms with Crippen LogP contribution in [0.25, 0.3) is 11.0 Å². The van der Waals surface area contributed by atoms with E-state index in [0.717, 1.165) is 34.4 Å². The largest absolute Gasteiger partial charge is 0.329 e. The number of carbonyl (C=O) groups is 1. The van der Waals surface area contributed by atoms with E-state index in [1.165, 1.54) is 5.56 Å². The molecule has 0 unspecified atom stereocenters. The van der Waals surface area contributed by atoms with Gasteiger partial charge in [-0.2, -0.15) is 0 Å². The first-order valence-electron chi connectivity index (χ1n) is 10.7. The van der Waals surface area contributed by atoms with Crippen molar-refractivity contribution < 1.29 is 4.79 Å². The highest BCUT2D eigenvalue weighted by atomic mass is 35.5. The molecule has 2 N–H and O–H groups in total. The molecule has 2 heterocycles. The number of nitrogens with zero attached hydrogens (tertiary/aromatic N) is 2. The van der Waals surface area contributed by atoms with E-state index < -0.39 is 0 Å². The number of aryl methyl sites for hydroxylation is 1. The number of nitrogens with one attached hydrogen (secondary N) is 2. The molecule has 0 saturated heterocycles. The Morgan fingerprint density at radius 1 is 1.09 bits per heavy atom. The molecule has 5 rings (SSSR count). The Labute approximate surface area is 191 Å². The number of carbonyl (C=O) groups excluding carboxylic acids is 1. The highest BCUT2D eigenvalue weighted by Gasteiger charge is 2.34. The van der Waals surface area contributed by atoms with Crippen molar-refractivity contribution in [3.8, 4) is 0 Å². The van der Waals surface area contributed by atoms with Crippen LogP contribution in [0.15, 0.2) is 84.1 Å². The molecule has 1 amide bonds. The van der Waals surface area contributed by atoms with Gasteiger partial charge in [0.15, 0.2) is 0 Å². The van der Waals surface area contributed by atoms with Gasteiger partial charge in [-0.1, -0.05) is 54.9 Å². The van der Waals surface area contributed by atoms with E-state index >= 15 is 0 Å². The summed E-state index contributed by atoms with van der Waals surface area (Å²) in [5.41, 5.74) is 6.12. The van der Waals surface area contributed by atoms with Crippen molar-refractivity contribution in [2.75, 3.05) is 10.6 Å². The van der Waals surface area contributed by atoms with Crippen LogP contribution in [-0.4, -0.2) is 15.5 Å². The average molecular weight is 443 g/mol. The molecule has 32 heavy (non-hydrogen) atoms. The topological polar surface area (TPSA) is 59.0 Å². The smallest absolute Gasteiger partial charge is 0.255 e. The number of hydrogen-bond acceptors (Lipinski definition) is 3. The van der Waals surface area contributed by atoms with E-state index in [2.05, 4.69) is 22.1 Å². The number of fused-ring (bicyclic) bond motifs is 3. The zero-order chi connectivity index (χ0) is 22.2. The number of anilines is 2. The van der Waals surface area contributed by atoms with Crippen LogP contribution in [-0.2, 0) is 11.2 Å². The van der Waals surface area contributed by atoms with Crippen molar-refractivity contribution >= 4 is 40.2 Å². The van der Waals surface area contributed by atoms with Crippen molar-refractivity contribution in [3.05, 3.63) is 100 Å². The second kappa shape index (κ2) is 8.17. The highest BCUT2D eigenvalue weighted by molar-refractivity contribution is 6.30. The minimum atomic E-state index is -0.368. The van der Waals surface area contributed by atoms with Crippen molar-refractivity contribution in [1.82, 2.24) is 9.55 Å². The van der Waals surface area contributed by atoms with Crippen molar-refractivity contribution in [2.24, 2.45) is 0 Å². The molecule has 1 atom stereocenters. The molecular formula is C26H23ClN4O. The lowest BCUT2D eigenvalue weighted by Gasteiger charge is -2.30. The normalized spacial score (nSPS) is 15.4. The summed E-state index contributed by atoms with van der Waals surface area (Å²) < 4.78 is 2.07. The molecule has 4 aromatic rings. The second-order valence-electron chi connectivity index (χ2n) is 7.92. The third kappa shape index (κ3) is 3.55. The van der Waals surface area contributed by atoms with Gasteiger partial charge in [0.1, 0.15) is 0 Å². The quantitative estimate of drug-likeness (QED) is 0.396. The molecule has 3 aromatic carbocycles. The van der Waals surface area contributed by atoms with Crippen LogP contribution in [0.2, 0.25) is 5.02 Å². The molecule has 1 aliphatic rings. The molecule has 6 heteroatoms. The minimum Gasteiger partial charge on any atom is -0.329 e. The number of aromatic nitrogens is 2. The van der Waals surface area contributed by atoms with Gasteiger partial charge in [-0.15, -0.1) is 0 Å². The predicted octanol–water partition coefficient (Wildman–Crippen LogP) is 6.18. The third-order valence-corrected chi connectivity index (χ3v) is 6.09. The first-order valence-corrected chi connectivity index (χ1v) is 11.0. The van der Waals surface area contributed by atoms with Crippen molar-refractivity contribution in [2.45, 2.75) is 26.3 Å². The molecule has 0 bridgehead atoms. The number of halogens is 1. The number of rotatable bonds is 4. The SMILES string of the molecule is CCc1ccc(NC(=O)C2=C(C)Nc3nc4ccccc4n3[C@@H]2c2cccc(Cl)c2)cc1. The summed E-state index contributed by atoms with van der Waals surface area (Å²) in [4.78, 5) is 18.3. The van der Waals surface area contributed by atoms with Crippen LogP contribution in [0, 0.1) is 0 Å². The van der Waals surface area contributed by atoms with Crippen LogP contribution in [0.4, 0.5) is 11.6 Å². The molecule has 1 aromatic heterocycles. The second-order valence-corrected chi connectivity index (χ2v) is 8.36. The fourth-order valence-electron chi connectivity index (χ4n) is 4.27. The van der Waals surface area contributed by atoms with Gasteiger partial charge in [-0.25, -0.2) is 4.98 Å². The summed E-state index contributed by atoms with van der Waals surface area (Å²) in [7, 11) is 0. The molecule has 5 nitrogen and oxygen atoms in total. The molecule has 1 aliphatic heterocycles. The summed E-state index contributed by atoms with van der Waals surface area (Å²) >= 11 is 6.35. The number of amides is 1. The van der Waals surface area contributed by atoms with Crippen molar-refractivity contribution in [1.29, 1.82) is 0 Å². The van der Waals surface area contributed by atoms with E-state index in [-0.39, 0.29) is 11.9 Å². The van der Waals surface area contributed by atoms with Gasteiger partial charge in [0, 0.05) is 16.4 Å². The number of para-hydroxylation sites is 2. The molecular weight excluding hydrogens is 420 g/mol. The lowest BCUT2D eigenvalue weighted by Crippen LogP contribution is -2.30. The Morgan fingerprint density at radius 3 is 2.62 bits per heavy atom. The van der Waals surface area contributed by atoms with Crippen LogP contribution in [0.3, 0.4) is 0 Å². The Bertz CT molecular complexity index is 1350. The van der Waals surface area contributed by atoms with Gasteiger partial charge >= 0.3 is 0 Å². The zero-order valence-electron chi connectivity index (χ0n) is 17.9. The van der Waals surface area contributed by atoms with Gasteiger partial charge < -0.3 is 10.6 Å². The van der Waals surface area contributed by atoms with Gasteiger partial charge in [-0.05, 0) is 60.9 Å². The van der Waals surface area contributed by atoms with E-state index in [0.29, 0.717) is 16.5 Å². The van der Waals surface area contributed by atoms with E-state index in [9.17, 15) is 4.79 Å². The minimum absolute atomic E-state index is 0.160. The van der Waals surface area contributed by atoms with Crippen molar-refractivity contribution in [3.63, 3.8) is 0 Å². The Morgan fingerprint density at radius 2 is 1.88 bits per heavy atom. The number of imidazole rings is 1. The zero-order valence-corrected chi connectivity index (χ0v) is 18.6. The number of hydrogen-bond donors (Lipinski definition) is 2. The maximum Gasteiger partial charge on any atom is 0.255 e. The summed E-state index contributed by atoms with van der Waals surface area (Å²) in [6.45, 7) is 4.02. The van der Waals surface area contributed by atoms with E-state index in [1.54, 1.807) is 0 Å². The fourth-order valence-corrected chi connectivity index (χ4v) is 4.47. The van der Waals surface area contributed by atoms with Crippen LogP contribution >= 0.6 is 11.6 Å². The van der Waals surface area contributed by atoms with E-state index in [4.69, 9.17) is 16.6 Å². The lowest BCUT2D eigenvalue weighted by atomic mass is 9.94. The molecule has 0 spiro atoms. The highest BCUT2D eigenvalue weighted by Crippen LogP contribution is 2.40. The summed E-state index contributed by atoms with van der Waals surface area (Å²) in [6, 6.07) is 23.2. The standard InChI is InChI=1S/C26H23ClN4O/c1-3-17-11-13-20(14-12-17)29-25(32)23-16(2)28-26-30-21-9-4-5-10-22(21)31(26)24(23)18-7-6-8-19(27)15-18/h4-15,24H,3H2,1-2H3,(H,28,30)(H,29,32)/t24-/m1/s1.